The smallest absolute Gasteiger partial charge is 0.339 e. The van der Waals surface area contributed by atoms with Crippen molar-refractivity contribution in [3.05, 3.63) is 69.6 Å². The number of hydrogen-bond donors (Lipinski definition) is 3. The van der Waals surface area contributed by atoms with E-state index in [0.29, 0.717) is 28.0 Å². The molecule has 0 bridgehead atoms. The predicted molar refractivity (Wildman–Crippen MR) is 129 cm³/mol. The van der Waals surface area contributed by atoms with Gasteiger partial charge in [0, 0.05) is 41.3 Å². The maximum atomic E-state index is 12.7. The molecule has 2 heterocycles. The molecule has 0 radical (unpaired) electrons. The van der Waals surface area contributed by atoms with E-state index < -0.39 is 35.8 Å². The molecule has 1 aliphatic heterocycles. The van der Waals surface area contributed by atoms with Crippen molar-refractivity contribution in [2.45, 2.75) is 57.4 Å². The summed E-state index contributed by atoms with van der Waals surface area (Å²) in [5, 5.41) is 21.6. The zero-order valence-electron chi connectivity index (χ0n) is 20.0. The van der Waals surface area contributed by atoms with E-state index in [9.17, 15) is 19.8 Å². The third-order valence-electron chi connectivity index (χ3n) is 6.30. The summed E-state index contributed by atoms with van der Waals surface area (Å²) in [6, 6.07) is 11.4. The Morgan fingerprint density at radius 3 is 2.46 bits per heavy atom. The first-order valence-electron chi connectivity index (χ1n) is 11.2. The molecule has 0 saturated carbocycles. The Morgan fingerprint density at radius 1 is 1.11 bits per heavy atom. The highest BCUT2D eigenvalue weighted by molar-refractivity contribution is 5.98. The summed E-state index contributed by atoms with van der Waals surface area (Å²) in [6.45, 7) is 5.16. The van der Waals surface area contributed by atoms with E-state index >= 15 is 0 Å². The molecule has 1 saturated heterocycles. The highest BCUT2D eigenvalue weighted by Crippen LogP contribution is 2.34. The van der Waals surface area contributed by atoms with Crippen LogP contribution in [0.4, 0.5) is 5.69 Å². The molecule has 186 valence electrons. The first kappa shape index (κ1) is 24.9. The second-order valence-corrected chi connectivity index (χ2v) is 9.23. The van der Waals surface area contributed by atoms with Crippen LogP contribution in [0.1, 0.15) is 35.3 Å². The number of aliphatic hydroxyl groups excluding tert-OH is 2. The van der Waals surface area contributed by atoms with Crippen LogP contribution in [0, 0.1) is 6.92 Å². The van der Waals surface area contributed by atoms with Gasteiger partial charge in [0.05, 0.1) is 5.60 Å². The van der Waals surface area contributed by atoms with Crippen molar-refractivity contribution in [1.82, 2.24) is 0 Å². The monoisotopic (exact) mass is 483 g/mol. The van der Waals surface area contributed by atoms with Crippen molar-refractivity contribution in [1.29, 1.82) is 0 Å². The zero-order valence-corrected chi connectivity index (χ0v) is 20.0. The second kappa shape index (κ2) is 9.43. The van der Waals surface area contributed by atoms with Gasteiger partial charge in [0.2, 0.25) is 6.29 Å². The molecule has 1 aliphatic rings. The SMILES string of the molecule is CO[C@@H]1[C@@H](O)[C@@H](O)[C@H](Oc2ccc3cc(CC(=O)c4ccc(N)cc4)c(=O)oc3c2C)OC1(C)C. The molecule has 0 amide bonds. The van der Waals surface area contributed by atoms with Crippen LogP contribution in [-0.2, 0) is 15.9 Å². The number of benzene rings is 2. The van der Waals surface area contributed by atoms with Gasteiger partial charge in [0.15, 0.2) is 5.78 Å². The largest absolute Gasteiger partial charge is 0.462 e. The van der Waals surface area contributed by atoms with E-state index in [1.54, 1.807) is 63.2 Å². The normalized spacial score (nSPS) is 23.8. The average molecular weight is 484 g/mol. The van der Waals surface area contributed by atoms with Gasteiger partial charge in [-0.1, -0.05) is 0 Å². The van der Waals surface area contributed by atoms with Crippen LogP contribution in [0.2, 0.25) is 0 Å². The zero-order chi connectivity index (χ0) is 25.5. The molecule has 4 N–H and O–H groups in total. The highest BCUT2D eigenvalue weighted by atomic mass is 16.7. The molecule has 0 spiro atoms. The molecule has 9 nitrogen and oxygen atoms in total. The lowest BCUT2D eigenvalue weighted by Crippen LogP contribution is -2.63. The number of aryl methyl sites for hydroxylation is 1. The quantitative estimate of drug-likeness (QED) is 0.274. The summed E-state index contributed by atoms with van der Waals surface area (Å²) in [6.07, 6.45) is -4.63. The number of ether oxygens (including phenoxy) is 3. The molecular formula is C26H29NO8. The fraction of sp³-hybridized carbons (Fsp3) is 0.385. The van der Waals surface area contributed by atoms with Gasteiger partial charge < -0.3 is 34.6 Å². The number of nitrogens with two attached hydrogens (primary N) is 1. The molecule has 0 aliphatic carbocycles. The van der Waals surface area contributed by atoms with Gasteiger partial charge in [-0.3, -0.25) is 4.79 Å². The number of nitrogen functional groups attached to an aromatic ring is 1. The topological polar surface area (TPSA) is 141 Å². The lowest BCUT2D eigenvalue weighted by Gasteiger charge is -2.46. The number of methoxy groups -OCH3 is 1. The molecular weight excluding hydrogens is 454 g/mol. The number of hydrogen-bond acceptors (Lipinski definition) is 9. The van der Waals surface area contributed by atoms with Crippen LogP contribution in [0.25, 0.3) is 11.0 Å². The van der Waals surface area contributed by atoms with Gasteiger partial charge in [-0.25, -0.2) is 4.79 Å². The number of aliphatic hydroxyl groups is 2. The molecule has 1 fully saturated rings. The van der Waals surface area contributed by atoms with Crippen molar-refractivity contribution < 1.29 is 33.6 Å². The van der Waals surface area contributed by atoms with Crippen LogP contribution >= 0.6 is 0 Å². The van der Waals surface area contributed by atoms with E-state index in [2.05, 4.69) is 0 Å². The minimum absolute atomic E-state index is 0.116. The van der Waals surface area contributed by atoms with Crippen molar-refractivity contribution >= 4 is 22.4 Å². The number of anilines is 1. The molecule has 0 unspecified atom stereocenters. The van der Waals surface area contributed by atoms with E-state index in [1.165, 1.54) is 7.11 Å². The molecule has 9 heteroatoms. The summed E-state index contributed by atoms with van der Waals surface area (Å²) in [7, 11) is 1.43. The maximum Gasteiger partial charge on any atom is 0.339 e. The Labute approximate surface area is 202 Å². The van der Waals surface area contributed by atoms with Gasteiger partial charge in [-0.2, -0.15) is 0 Å². The lowest BCUT2D eigenvalue weighted by molar-refractivity contribution is -0.306. The van der Waals surface area contributed by atoms with Gasteiger partial charge in [-0.15, -0.1) is 0 Å². The highest BCUT2D eigenvalue weighted by Gasteiger charge is 2.50. The lowest BCUT2D eigenvalue weighted by atomic mass is 9.89. The minimum atomic E-state index is -1.36. The fourth-order valence-electron chi connectivity index (χ4n) is 4.37. The van der Waals surface area contributed by atoms with Crippen LogP contribution in [0.3, 0.4) is 0 Å². The van der Waals surface area contributed by atoms with Crippen LogP contribution in [-0.4, -0.2) is 53.3 Å². The standard InChI is InChI=1S/C26H29NO8/c1-13-19(33-25-21(30)20(29)23(32-4)26(2,3)35-25)10-7-15-11-16(24(31)34-22(13)15)12-18(28)14-5-8-17(27)9-6-14/h5-11,20-21,23,25,29-30H,12,27H2,1-4H3/t20-,21+,23+,25+/m0/s1. The minimum Gasteiger partial charge on any atom is -0.462 e. The van der Waals surface area contributed by atoms with E-state index in [0.717, 1.165) is 0 Å². The molecule has 3 aromatic rings. The van der Waals surface area contributed by atoms with Crippen molar-refractivity contribution in [2.75, 3.05) is 12.8 Å². The third kappa shape index (κ3) is 4.81. The summed E-state index contributed by atoms with van der Waals surface area (Å²) in [5.74, 6) is 0.0848. The van der Waals surface area contributed by atoms with Crippen LogP contribution < -0.4 is 16.1 Å². The molecule has 2 aromatic carbocycles. The van der Waals surface area contributed by atoms with Gasteiger partial charge in [-0.05, 0) is 63.2 Å². The number of ketones is 1. The Morgan fingerprint density at radius 2 is 1.80 bits per heavy atom. The first-order chi connectivity index (χ1) is 16.5. The van der Waals surface area contributed by atoms with Gasteiger partial charge in [0.1, 0.15) is 29.6 Å². The predicted octanol–water partition coefficient (Wildman–Crippen LogP) is 2.36. The number of carbonyl (C=O) groups excluding carboxylic acids is 1. The van der Waals surface area contributed by atoms with Crippen LogP contribution in [0.15, 0.2) is 51.7 Å². The van der Waals surface area contributed by atoms with Crippen molar-refractivity contribution in [3.63, 3.8) is 0 Å². The van der Waals surface area contributed by atoms with Gasteiger partial charge in [0.25, 0.3) is 0 Å². The Kier molecular flexibility index (Phi) is 6.70. The van der Waals surface area contributed by atoms with Crippen molar-refractivity contribution in [2.24, 2.45) is 0 Å². The van der Waals surface area contributed by atoms with Gasteiger partial charge >= 0.3 is 5.63 Å². The Bertz CT molecular complexity index is 1300. The van der Waals surface area contributed by atoms with E-state index in [1.807, 2.05) is 0 Å². The van der Waals surface area contributed by atoms with E-state index in [4.69, 9.17) is 24.4 Å². The number of carbonyl (C=O) groups is 1. The van der Waals surface area contributed by atoms with Crippen molar-refractivity contribution in [3.8, 4) is 5.75 Å². The third-order valence-corrected chi connectivity index (χ3v) is 6.30. The summed E-state index contributed by atoms with van der Waals surface area (Å²) < 4.78 is 22.6. The molecule has 35 heavy (non-hydrogen) atoms. The Balaban J connectivity index is 1.59. The molecule has 4 rings (SSSR count). The molecule has 4 atom stereocenters. The first-order valence-corrected chi connectivity index (χ1v) is 11.2. The number of Topliss-reactive ketones (excluding diaryl/α,β-unsaturated/α-hetero) is 1. The fourth-order valence-corrected chi connectivity index (χ4v) is 4.37. The summed E-state index contributed by atoms with van der Waals surface area (Å²) in [4.78, 5) is 25.3. The summed E-state index contributed by atoms with van der Waals surface area (Å²) >= 11 is 0. The number of fused-ring (bicyclic) bond motifs is 1. The van der Waals surface area contributed by atoms with Crippen LogP contribution in [0.5, 0.6) is 5.75 Å². The maximum absolute atomic E-state index is 12.7. The second-order valence-electron chi connectivity index (χ2n) is 9.23. The number of rotatable bonds is 6. The van der Waals surface area contributed by atoms with E-state index in [-0.39, 0.29) is 23.4 Å². The summed E-state index contributed by atoms with van der Waals surface area (Å²) in [5.41, 5.74) is 6.13. The molecule has 1 aromatic heterocycles. The Hall–Kier alpha value is -3.24. The average Bonchev–Trinajstić information content (AvgIpc) is 2.80.